The molecule has 0 atom stereocenters. The Morgan fingerprint density at radius 2 is 0.805 bits per heavy atom. The monoisotopic (exact) mass is 1600 g/mol. The van der Waals surface area contributed by atoms with Crippen LogP contribution in [0.5, 0.6) is 28.7 Å². The molecule has 3 aliphatic heterocycles. The second kappa shape index (κ2) is 33.8. The van der Waals surface area contributed by atoms with E-state index in [9.17, 15) is 53.5 Å². The van der Waals surface area contributed by atoms with Crippen LogP contribution in [0.2, 0.25) is 0 Å². The highest BCUT2D eigenvalue weighted by molar-refractivity contribution is 7.92. The van der Waals surface area contributed by atoms with Gasteiger partial charge in [-0.05, 0) is 137 Å². The Bertz CT molecular complexity index is 5830. The molecule has 590 valence electrons. The van der Waals surface area contributed by atoms with Crippen LogP contribution >= 0.6 is 0 Å². The zero-order valence-electron chi connectivity index (χ0n) is 64.1. The molecule has 0 aliphatic carbocycles. The van der Waals surface area contributed by atoms with E-state index in [1.807, 2.05) is 97.9 Å². The number of aromatic nitrogens is 3. The van der Waals surface area contributed by atoms with Crippen LogP contribution in [0.25, 0.3) is 32.7 Å². The molecule has 0 bridgehead atoms. The van der Waals surface area contributed by atoms with E-state index in [0.717, 1.165) is 73.1 Å². The normalized spacial score (nSPS) is 13.1. The average Bonchev–Trinajstić information content (AvgIpc) is 1.66. The summed E-state index contributed by atoms with van der Waals surface area (Å²) in [6.07, 6.45) is 9.84. The highest BCUT2D eigenvalue weighted by Crippen LogP contribution is 2.48. The number of phenols is 1. The smallest absolute Gasteiger partial charge is 0.258 e. The molecule has 6 heterocycles. The number of pyridine rings is 3. The Hall–Kier alpha value is -11.6. The van der Waals surface area contributed by atoms with Crippen LogP contribution in [0, 0.1) is 18.6 Å². The zero-order chi connectivity index (χ0) is 81.0. The minimum Gasteiger partial charge on any atom is -0.505 e. The van der Waals surface area contributed by atoms with Gasteiger partial charge in [0.25, 0.3) is 17.7 Å². The molecule has 25 nitrogen and oxygen atoms in total. The van der Waals surface area contributed by atoms with Crippen LogP contribution < -0.4 is 37.2 Å². The molecule has 30 heteroatoms. The molecule has 113 heavy (non-hydrogen) atoms. The van der Waals surface area contributed by atoms with Gasteiger partial charge in [-0.15, -0.1) is 0 Å². The van der Waals surface area contributed by atoms with Gasteiger partial charge < -0.3 is 48.6 Å². The molecule has 3 aliphatic rings. The molecule has 8 aromatic carbocycles. The number of nitrogens with one attached hydrogen (secondary N) is 1. The van der Waals surface area contributed by atoms with Gasteiger partial charge in [-0.1, -0.05) is 78.4 Å². The summed E-state index contributed by atoms with van der Waals surface area (Å²) >= 11 is 0. The van der Waals surface area contributed by atoms with E-state index in [1.165, 1.54) is 54.0 Å². The number of rotatable bonds is 26. The van der Waals surface area contributed by atoms with Crippen molar-refractivity contribution in [1.29, 1.82) is 0 Å². The Morgan fingerprint density at radius 3 is 1.19 bits per heavy atom. The SMILES string of the molecule is COCCN1Cc2c(c(O)c3ncc(Cc4ccc(C)cc4)cc3c2N(C)S(C)(=O)=O)C1=O.COCCN1Cc2c(c(OCc3ccc(OC)cc3)c3ncc(Cc4ccc(F)cc4)cc3c2N(C)S(C)(=O)=O)C1=O.COc1ccc(COc2c3c(c(N(C)S(C)(=O)=O)c4cc(Cc5ccc(F)cc5)cnc24)CNC3=O)cc1. The number of aryl methyl sites for hydroxylation is 1. The van der Waals surface area contributed by atoms with Gasteiger partial charge in [-0.2, -0.15) is 0 Å². The molecule has 2 N–H and O–H groups in total. The van der Waals surface area contributed by atoms with E-state index in [0.29, 0.717) is 130 Å². The van der Waals surface area contributed by atoms with E-state index in [2.05, 4.69) is 15.3 Å². The maximum absolute atomic E-state index is 13.8. The first-order valence-electron chi connectivity index (χ1n) is 35.7. The number of nitrogens with zero attached hydrogens (tertiary/aromatic N) is 8. The molecule has 0 saturated carbocycles. The van der Waals surface area contributed by atoms with Gasteiger partial charge in [-0.3, -0.25) is 42.3 Å². The summed E-state index contributed by atoms with van der Waals surface area (Å²) in [4.78, 5) is 56.7. The molecule has 3 amide bonds. The molecular formula is C83H85F2N9O16S3. The number of hydrogen-bond acceptors (Lipinski definition) is 19. The number of sulfonamides is 3. The number of carbonyl (C=O) groups excluding carboxylic acids is 3. The van der Waals surface area contributed by atoms with Crippen LogP contribution in [0.4, 0.5) is 25.8 Å². The molecule has 3 aromatic heterocycles. The van der Waals surface area contributed by atoms with Crippen LogP contribution in [-0.2, 0) is 91.7 Å². The minimum absolute atomic E-state index is 0.0999. The van der Waals surface area contributed by atoms with Gasteiger partial charge in [-0.25, -0.2) is 34.0 Å². The fraction of sp³-hybridized carbons (Fsp3) is 0.277. The van der Waals surface area contributed by atoms with E-state index in [-0.39, 0.29) is 90.2 Å². The van der Waals surface area contributed by atoms with E-state index in [1.54, 1.807) is 81.1 Å². The predicted molar refractivity (Wildman–Crippen MR) is 428 cm³/mol. The van der Waals surface area contributed by atoms with Gasteiger partial charge in [0.2, 0.25) is 30.1 Å². The number of fused-ring (bicyclic) bond motifs is 6. The van der Waals surface area contributed by atoms with Crippen molar-refractivity contribution in [3.8, 4) is 28.7 Å². The number of amides is 3. The molecule has 0 saturated heterocycles. The van der Waals surface area contributed by atoms with Crippen molar-refractivity contribution >= 4 is 97.6 Å². The number of anilines is 3. The molecule has 0 spiro atoms. The highest BCUT2D eigenvalue weighted by atomic mass is 32.2. The van der Waals surface area contributed by atoms with Crippen molar-refractivity contribution in [1.82, 2.24) is 30.1 Å². The van der Waals surface area contributed by atoms with Gasteiger partial charge in [0.1, 0.15) is 52.9 Å². The third kappa shape index (κ3) is 17.7. The standard InChI is InChI=1S/C31H32FN3O6S.C28H26FN3O5S.C24H27N3O5S/c1-34(42(4,37)38)29-25-16-22(15-20-5-9-23(32)10-6-20)17-33-28(25)30(41-19-21-7-11-24(40-3)12-8-21)27-26(29)18-35(31(27)36)13-14-39-2;1-32(38(3,34)35)26-22-13-19(12-17-4-8-20(29)9-5-17)14-30-25(22)27(24-23(26)15-31-28(24)33)37-16-18-6-10-21(36-2)11-7-18;1-15-5-7-16(8-6-15)11-17-12-18-21(25-13-17)23(28)20-19(22(18)26(2)33(4,30)31)14-27(24(20)29)9-10-32-3/h5-12,16-17H,13-15,18-19H2,1-4H3;4-11,13-14H,12,15-16H2,1-3H3,(H,31,33);5-8,12-13,28H,9-11,14H2,1-4H3. The van der Waals surface area contributed by atoms with Crippen LogP contribution in [0.15, 0.2) is 158 Å². The fourth-order valence-corrected chi connectivity index (χ4v) is 15.4. The second-order valence-electron chi connectivity index (χ2n) is 27.7. The molecule has 14 rings (SSSR count). The first-order valence-corrected chi connectivity index (χ1v) is 41.3. The van der Waals surface area contributed by atoms with Crippen LogP contribution in [-0.4, -0.2) is 167 Å². The van der Waals surface area contributed by atoms with Crippen molar-refractivity contribution in [2.45, 2.75) is 59.0 Å². The Kier molecular flexibility index (Phi) is 24.2. The summed E-state index contributed by atoms with van der Waals surface area (Å²) in [5.41, 5.74) is 12.4. The number of halogens is 2. The highest BCUT2D eigenvalue weighted by Gasteiger charge is 2.40. The molecular weight excluding hydrogens is 1510 g/mol. The Morgan fingerprint density at radius 1 is 0.460 bits per heavy atom. The van der Waals surface area contributed by atoms with E-state index in [4.69, 9.17) is 33.4 Å². The molecule has 0 unspecified atom stereocenters. The number of hydrogen-bond donors (Lipinski definition) is 2. The topological polar surface area (TPSA) is 296 Å². The Balaban J connectivity index is 0.000000158. The van der Waals surface area contributed by atoms with Crippen molar-refractivity contribution in [3.05, 3.63) is 253 Å². The minimum atomic E-state index is -3.72. The van der Waals surface area contributed by atoms with Crippen molar-refractivity contribution in [3.63, 3.8) is 0 Å². The summed E-state index contributed by atoms with van der Waals surface area (Å²) in [6.45, 7) is 4.15. The summed E-state index contributed by atoms with van der Waals surface area (Å²) in [5.74, 6) is 0.117. The van der Waals surface area contributed by atoms with E-state index < -0.39 is 30.1 Å². The van der Waals surface area contributed by atoms with Crippen LogP contribution in [0.3, 0.4) is 0 Å². The predicted octanol–water partition coefficient (Wildman–Crippen LogP) is 11.6. The van der Waals surface area contributed by atoms with Gasteiger partial charge in [0.15, 0.2) is 17.2 Å². The summed E-state index contributed by atoms with van der Waals surface area (Å²) < 4.78 is 140. The lowest BCUT2D eigenvalue weighted by molar-refractivity contribution is 0.0711. The van der Waals surface area contributed by atoms with E-state index >= 15 is 0 Å². The summed E-state index contributed by atoms with van der Waals surface area (Å²) in [7, 11) is -0.363. The van der Waals surface area contributed by atoms with Crippen molar-refractivity contribution in [2.24, 2.45) is 0 Å². The summed E-state index contributed by atoms with van der Waals surface area (Å²) in [6, 6.07) is 40.8. The fourth-order valence-electron chi connectivity index (χ4n) is 13.8. The Labute approximate surface area is 654 Å². The lowest BCUT2D eigenvalue weighted by Gasteiger charge is -2.24. The molecule has 0 radical (unpaired) electrons. The first kappa shape index (κ1) is 80.9. The molecule has 0 fully saturated rings. The largest absolute Gasteiger partial charge is 0.505 e. The lowest BCUT2D eigenvalue weighted by atomic mass is 9.98. The zero-order valence-corrected chi connectivity index (χ0v) is 66.6. The third-order valence-electron chi connectivity index (χ3n) is 19.9. The third-order valence-corrected chi connectivity index (χ3v) is 23.4. The number of ether oxygens (including phenoxy) is 6. The maximum atomic E-state index is 13.8. The first-order chi connectivity index (χ1) is 53.9. The van der Waals surface area contributed by atoms with Crippen molar-refractivity contribution in [2.75, 3.05) is 108 Å². The number of phenolic OH excluding ortho intramolecular Hbond substituents is 1. The average molecular weight is 1600 g/mol. The maximum Gasteiger partial charge on any atom is 0.258 e. The number of aromatic hydroxyl groups is 1. The number of methoxy groups -OCH3 is 4. The van der Waals surface area contributed by atoms with Crippen molar-refractivity contribution < 1.29 is 81.9 Å². The quantitative estimate of drug-likeness (QED) is 0.0509. The number of carbonyl (C=O) groups is 3. The lowest BCUT2D eigenvalue weighted by Crippen LogP contribution is -2.28. The molecule has 11 aromatic rings. The van der Waals surface area contributed by atoms with Crippen LogP contribution in [0.1, 0.15) is 97.8 Å². The van der Waals surface area contributed by atoms with Gasteiger partial charge >= 0.3 is 0 Å². The number of benzene rings is 8. The summed E-state index contributed by atoms with van der Waals surface area (Å²) in [5, 5.41) is 15.4. The second-order valence-corrected chi connectivity index (χ2v) is 33.7. The van der Waals surface area contributed by atoms with Gasteiger partial charge in [0, 0.05) is 120 Å². The van der Waals surface area contributed by atoms with Gasteiger partial charge in [0.05, 0.1) is 80.0 Å².